The molecular weight excluding hydrogens is 338 g/mol. The van der Waals surface area contributed by atoms with Crippen LogP contribution in [-0.2, 0) is 9.59 Å². The Balaban J connectivity index is 1.76. The Morgan fingerprint density at radius 3 is 2.71 bits per heavy atom. The summed E-state index contributed by atoms with van der Waals surface area (Å²) in [5.74, 6) is -0.583. The number of halogens is 1. The summed E-state index contributed by atoms with van der Waals surface area (Å²) >= 11 is 3.34. The first-order chi connectivity index (χ1) is 10.1. The molecule has 0 saturated carbocycles. The second-order valence-electron chi connectivity index (χ2n) is 5.07. The minimum absolute atomic E-state index is 0.0435. The van der Waals surface area contributed by atoms with Gasteiger partial charge in [0.05, 0.1) is 18.9 Å². The fraction of sp³-hybridized carbons (Fsp3) is 0.467. The van der Waals surface area contributed by atoms with Gasteiger partial charge < -0.3 is 14.7 Å². The third-order valence-corrected chi connectivity index (χ3v) is 4.05. The normalized spacial score (nSPS) is 18.3. The van der Waals surface area contributed by atoms with Crippen molar-refractivity contribution in [2.24, 2.45) is 5.92 Å². The van der Waals surface area contributed by atoms with Crippen molar-refractivity contribution in [2.75, 3.05) is 19.7 Å². The Labute approximate surface area is 132 Å². The Bertz CT molecular complexity index is 503. The van der Waals surface area contributed by atoms with Crippen LogP contribution in [0.3, 0.4) is 0 Å². The van der Waals surface area contributed by atoms with Crippen molar-refractivity contribution in [3.05, 3.63) is 28.7 Å². The van der Waals surface area contributed by atoms with E-state index < -0.39 is 11.9 Å². The number of carbonyl (C=O) groups is 2. The van der Waals surface area contributed by atoms with E-state index in [2.05, 4.69) is 15.9 Å². The molecule has 1 N–H and O–H groups in total. The molecule has 6 heteroatoms. The number of rotatable bonds is 5. The summed E-state index contributed by atoms with van der Waals surface area (Å²) in [6.07, 6.45) is 1.66. The van der Waals surface area contributed by atoms with Crippen LogP contribution < -0.4 is 4.74 Å². The van der Waals surface area contributed by atoms with Gasteiger partial charge in [-0.25, -0.2) is 0 Å². The summed E-state index contributed by atoms with van der Waals surface area (Å²) in [4.78, 5) is 24.7. The number of carbonyl (C=O) groups excluding carboxylic acids is 1. The van der Waals surface area contributed by atoms with Gasteiger partial charge in [0.2, 0.25) is 5.91 Å². The Kier molecular flexibility index (Phi) is 5.61. The van der Waals surface area contributed by atoms with Gasteiger partial charge >= 0.3 is 5.97 Å². The molecule has 1 fully saturated rings. The van der Waals surface area contributed by atoms with Crippen molar-refractivity contribution < 1.29 is 19.4 Å². The lowest BCUT2D eigenvalue weighted by molar-refractivity contribution is -0.145. The lowest BCUT2D eigenvalue weighted by atomic mass is 9.98. The molecule has 1 atom stereocenters. The van der Waals surface area contributed by atoms with Crippen LogP contribution in [-0.4, -0.2) is 41.6 Å². The van der Waals surface area contributed by atoms with E-state index in [1.165, 1.54) is 0 Å². The molecule has 5 nitrogen and oxygen atoms in total. The molecule has 1 aliphatic heterocycles. The fourth-order valence-corrected chi connectivity index (χ4v) is 2.61. The van der Waals surface area contributed by atoms with Crippen molar-refractivity contribution in [3.8, 4) is 5.75 Å². The van der Waals surface area contributed by atoms with Crippen LogP contribution in [0.5, 0.6) is 5.75 Å². The average Bonchev–Trinajstić information content (AvgIpc) is 2.49. The zero-order valence-corrected chi connectivity index (χ0v) is 13.2. The number of hydrogen-bond acceptors (Lipinski definition) is 3. The summed E-state index contributed by atoms with van der Waals surface area (Å²) in [6, 6.07) is 7.41. The monoisotopic (exact) mass is 355 g/mol. The van der Waals surface area contributed by atoms with Gasteiger partial charge in [-0.05, 0) is 37.1 Å². The molecule has 21 heavy (non-hydrogen) atoms. The molecule has 2 rings (SSSR count). The van der Waals surface area contributed by atoms with Gasteiger partial charge in [-0.3, -0.25) is 9.59 Å². The Morgan fingerprint density at radius 1 is 1.33 bits per heavy atom. The number of piperidine rings is 1. The molecule has 0 radical (unpaired) electrons. The zero-order valence-electron chi connectivity index (χ0n) is 11.6. The van der Waals surface area contributed by atoms with E-state index in [1.54, 1.807) is 4.90 Å². The largest absolute Gasteiger partial charge is 0.493 e. The summed E-state index contributed by atoms with van der Waals surface area (Å²) in [5.41, 5.74) is 0. The second-order valence-corrected chi connectivity index (χ2v) is 5.99. The number of nitrogens with zero attached hydrogens (tertiary/aromatic N) is 1. The molecule has 114 valence electrons. The molecular formula is C15H18BrNO4. The summed E-state index contributed by atoms with van der Waals surface area (Å²) in [7, 11) is 0. The maximum Gasteiger partial charge on any atom is 0.308 e. The number of benzene rings is 1. The van der Waals surface area contributed by atoms with Gasteiger partial charge in [0.25, 0.3) is 0 Å². The highest BCUT2D eigenvalue weighted by atomic mass is 79.9. The number of ether oxygens (including phenoxy) is 1. The Hall–Kier alpha value is -1.56. The van der Waals surface area contributed by atoms with Crippen molar-refractivity contribution in [3.63, 3.8) is 0 Å². The topological polar surface area (TPSA) is 66.8 Å². The first-order valence-corrected chi connectivity index (χ1v) is 7.74. The van der Waals surface area contributed by atoms with Gasteiger partial charge in [-0.1, -0.05) is 15.9 Å². The van der Waals surface area contributed by atoms with E-state index in [0.29, 0.717) is 31.9 Å². The highest BCUT2D eigenvalue weighted by Crippen LogP contribution is 2.18. The molecule has 0 bridgehead atoms. The van der Waals surface area contributed by atoms with Crippen LogP contribution in [0.15, 0.2) is 28.7 Å². The van der Waals surface area contributed by atoms with Crippen LogP contribution in [0.4, 0.5) is 0 Å². The molecule has 0 spiro atoms. The number of carboxylic acid groups (broad SMARTS) is 1. The highest BCUT2D eigenvalue weighted by molar-refractivity contribution is 9.10. The van der Waals surface area contributed by atoms with Crippen molar-refractivity contribution in [1.29, 1.82) is 0 Å². The van der Waals surface area contributed by atoms with Crippen LogP contribution in [0, 0.1) is 5.92 Å². The van der Waals surface area contributed by atoms with Crippen LogP contribution in [0.1, 0.15) is 19.3 Å². The Morgan fingerprint density at radius 2 is 2.05 bits per heavy atom. The third-order valence-electron chi connectivity index (χ3n) is 3.52. The zero-order chi connectivity index (χ0) is 15.2. The number of hydrogen-bond donors (Lipinski definition) is 1. The number of likely N-dealkylation sites (tertiary alicyclic amines) is 1. The van der Waals surface area contributed by atoms with Crippen LogP contribution in [0.2, 0.25) is 0 Å². The van der Waals surface area contributed by atoms with Crippen LogP contribution >= 0.6 is 15.9 Å². The van der Waals surface area contributed by atoms with Crippen molar-refractivity contribution >= 4 is 27.8 Å². The molecule has 1 saturated heterocycles. The first-order valence-electron chi connectivity index (χ1n) is 6.95. The smallest absolute Gasteiger partial charge is 0.308 e. The summed E-state index contributed by atoms with van der Waals surface area (Å²) in [6.45, 7) is 1.25. The molecule has 0 aromatic heterocycles. The third kappa shape index (κ3) is 4.74. The molecule has 1 amide bonds. The highest BCUT2D eigenvalue weighted by Gasteiger charge is 2.27. The van der Waals surface area contributed by atoms with Crippen molar-refractivity contribution in [1.82, 2.24) is 4.90 Å². The molecule has 1 aromatic rings. The minimum atomic E-state index is -0.821. The quantitative estimate of drug-likeness (QED) is 0.881. The minimum Gasteiger partial charge on any atom is -0.493 e. The van der Waals surface area contributed by atoms with Gasteiger partial charge in [0.1, 0.15) is 5.75 Å². The first kappa shape index (κ1) is 15.8. The van der Waals surface area contributed by atoms with Crippen molar-refractivity contribution in [2.45, 2.75) is 19.3 Å². The van der Waals surface area contributed by atoms with Gasteiger partial charge in [-0.2, -0.15) is 0 Å². The van der Waals surface area contributed by atoms with Crippen LogP contribution in [0.25, 0.3) is 0 Å². The van der Waals surface area contributed by atoms with Gasteiger partial charge in [-0.15, -0.1) is 0 Å². The lowest BCUT2D eigenvalue weighted by Gasteiger charge is -2.30. The van der Waals surface area contributed by atoms with E-state index in [1.807, 2.05) is 24.3 Å². The molecule has 0 unspecified atom stereocenters. The maximum atomic E-state index is 12.1. The molecule has 1 aliphatic rings. The predicted molar refractivity (Wildman–Crippen MR) is 81.2 cm³/mol. The van der Waals surface area contributed by atoms with Gasteiger partial charge in [0.15, 0.2) is 0 Å². The second kappa shape index (κ2) is 7.45. The number of aliphatic carboxylic acids is 1. The standard InChI is InChI=1S/C15H18BrNO4/c16-12-3-5-13(6-4-12)21-9-7-14(18)17-8-1-2-11(10-17)15(19)20/h3-6,11H,1-2,7-10H2,(H,19,20)/t11-/m1/s1. The summed E-state index contributed by atoms with van der Waals surface area (Å²) in [5, 5.41) is 9.02. The van der Waals surface area contributed by atoms with Gasteiger partial charge in [0, 0.05) is 17.6 Å². The molecule has 1 heterocycles. The number of amides is 1. The predicted octanol–water partition coefficient (Wildman–Crippen LogP) is 2.54. The molecule has 0 aliphatic carbocycles. The number of carboxylic acids is 1. The SMILES string of the molecule is O=C(O)[C@@H]1CCCN(C(=O)CCOc2ccc(Br)cc2)C1. The fourth-order valence-electron chi connectivity index (χ4n) is 2.35. The summed E-state index contributed by atoms with van der Waals surface area (Å²) < 4.78 is 6.48. The van der Waals surface area contributed by atoms with E-state index >= 15 is 0 Å². The van der Waals surface area contributed by atoms with E-state index in [9.17, 15) is 9.59 Å². The van der Waals surface area contributed by atoms with E-state index in [-0.39, 0.29) is 12.3 Å². The van der Waals surface area contributed by atoms with E-state index in [4.69, 9.17) is 9.84 Å². The maximum absolute atomic E-state index is 12.1. The molecule has 1 aromatic carbocycles. The van der Waals surface area contributed by atoms with E-state index in [0.717, 1.165) is 10.9 Å². The lowest BCUT2D eigenvalue weighted by Crippen LogP contribution is -2.42. The average molecular weight is 356 g/mol.